The first-order chi connectivity index (χ1) is 10.8. The third-order valence-corrected chi connectivity index (χ3v) is 4.84. The van der Waals surface area contributed by atoms with Crippen LogP contribution in [0.1, 0.15) is 10.7 Å². The van der Waals surface area contributed by atoms with E-state index < -0.39 is 0 Å². The van der Waals surface area contributed by atoms with Crippen molar-refractivity contribution in [3.63, 3.8) is 0 Å². The highest BCUT2D eigenvalue weighted by atomic mass is 32.1. The number of rotatable bonds is 3. The first-order valence-corrected chi connectivity index (χ1v) is 8.33. The minimum absolute atomic E-state index is 0.936. The first-order valence-electron chi connectivity index (χ1n) is 7.45. The molecule has 0 aliphatic carbocycles. The van der Waals surface area contributed by atoms with Crippen LogP contribution in [0.15, 0.2) is 30.2 Å². The van der Waals surface area contributed by atoms with E-state index in [4.69, 9.17) is 0 Å². The Morgan fingerprint density at radius 1 is 1.09 bits per heavy atom. The van der Waals surface area contributed by atoms with E-state index in [0.717, 1.165) is 49.2 Å². The smallest absolute Gasteiger partial charge is 0.180 e. The number of thiazole rings is 1. The van der Waals surface area contributed by atoms with Crippen molar-refractivity contribution < 1.29 is 0 Å². The summed E-state index contributed by atoms with van der Waals surface area (Å²) in [4.78, 5) is 18.3. The van der Waals surface area contributed by atoms with Crippen LogP contribution in [0.4, 0.5) is 5.82 Å². The van der Waals surface area contributed by atoms with Crippen molar-refractivity contribution in [2.75, 3.05) is 31.1 Å². The Morgan fingerprint density at radius 2 is 1.86 bits per heavy atom. The molecule has 4 heterocycles. The van der Waals surface area contributed by atoms with Crippen molar-refractivity contribution in [2.24, 2.45) is 0 Å². The zero-order chi connectivity index (χ0) is 14.9. The molecule has 0 saturated carbocycles. The molecule has 3 aromatic rings. The Balaban J connectivity index is 1.44. The molecule has 0 atom stereocenters. The van der Waals surface area contributed by atoms with Crippen LogP contribution in [0.25, 0.3) is 5.65 Å². The van der Waals surface area contributed by atoms with Crippen LogP contribution in [0.5, 0.6) is 0 Å². The summed E-state index contributed by atoms with van der Waals surface area (Å²) in [5.41, 5.74) is 2.12. The molecule has 0 unspecified atom stereocenters. The maximum atomic E-state index is 4.55. The number of imidazole rings is 1. The van der Waals surface area contributed by atoms with E-state index in [1.807, 2.05) is 29.2 Å². The average molecular weight is 314 g/mol. The Labute approximate surface area is 133 Å². The van der Waals surface area contributed by atoms with E-state index in [1.165, 1.54) is 5.69 Å². The second kappa shape index (κ2) is 5.66. The van der Waals surface area contributed by atoms with Crippen molar-refractivity contribution in [1.82, 2.24) is 24.3 Å². The lowest BCUT2D eigenvalue weighted by Crippen LogP contribution is -2.46. The third-order valence-electron chi connectivity index (χ3n) is 4.02. The number of anilines is 1. The van der Waals surface area contributed by atoms with Gasteiger partial charge >= 0.3 is 0 Å². The summed E-state index contributed by atoms with van der Waals surface area (Å²) in [5, 5.41) is 3.30. The third kappa shape index (κ3) is 2.57. The topological polar surface area (TPSA) is 49.6 Å². The molecule has 1 aliphatic rings. The highest BCUT2D eigenvalue weighted by Gasteiger charge is 2.20. The van der Waals surface area contributed by atoms with Gasteiger partial charge in [-0.3, -0.25) is 4.90 Å². The van der Waals surface area contributed by atoms with Gasteiger partial charge in [-0.2, -0.15) is 0 Å². The van der Waals surface area contributed by atoms with Gasteiger partial charge in [0.25, 0.3) is 0 Å². The summed E-state index contributed by atoms with van der Waals surface area (Å²) in [7, 11) is 0. The van der Waals surface area contributed by atoms with Crippen LogP contribution < -0.4 is 4.90 Å². The van der Waals surface area contributed by atoms with Gasteiger partial charge in [0, 0.05) is 62.9 Å². The molecule has 0 spiro atoms. The maximum absolute atomic E-state index is 4.55. The zero-order valence-corrected chi connectivity index (χ0v) is 13.3. The monoisotopic (exact) mass is 314 g/mol. The van der Waals surface area contributed by atoms with Gasteiger partial charge in [-0.15, -0.1) is 11.3 Å². The summed E-state index contributed by atoms with van der Waals surface area (Å²) in [6.07, 6.45) is 7.56. The second-order valence-corrected chi connectivity index (χ2v) is 6.59. The lowest BCUT2D eigenvalue weighted by molar-refractivity contribution is 0.247. The van der Waals surface area contributed by atoms with E-state index in [-0.39, 0.29) is 0 Å². The van der Waals surface area contributed by atoms with Crippen LogP contribution in [-0.2, 0) is 6.54 Å². The Bertz CT molecular complexity index is 771. The molecule has 0 amide bonds. The van der Waals surface area contributed by atoms with Crippen LogP contribution in [0.2, 0.25) is 0 Å². The number of fused-ring (bicyclic) bond motifs is 1. The molecule has 1 saturated heterocycles. The molecule has 22 heavy (non-hydrogen) atoms. The van der Waals surface area contributed by atoms with Crippen molar-refractivity contribution in [3.8, 4) is 0 Å². The molecule has 1 aliphatic heterocycles. The fourth-order valence-electron chi connectivity index (χ4n) is 2.89. The molecule has 3 aromatic heterocycles. The minimum Gasteiger partial charge on any atom is -0.351 e. The first kappa shape index (κ1) is 13.7. The minimum atomic E-state index is 0.936. The summed E-state index contributed by atoms with van der Waals surface area (Å²) in [6.45, 7) is 7.01. The van der Waals surface area contributed by atoms with Gasteiger partial charge < -0.3 is 9.30 Å². The molecule has 0 aromatic carbocycles. The van der Waals surface area contributed by atoms with Crippen molar-refractivity contribution in [1.29, 1.82) is 0 Å². The quantitative estimate of drug-likeness (QED) is 0.738. The highest BCUT2D eigenvalue weighted by molar-refractivity contribution is 7.09. The van der Waals surface area contributed by atoms with Gasteiger partial charge in [0.1, 0.15) is 0 Å². The van der Waals surface area contributed by atoms with E-state index in [0.29, 0.717) is 0 Å². The molecule has 114 valence electrons. The summed E-state index contributed by atoms with van der Waals surface area (Å²) in [6, 6.07) is 0. The molecule has 0 bridgehead atoms. The SMILES string of the molecule is Cc1nc(CN2CCN(c3nccn4ccnc34)CC2)cs1. The molecular formula is C15H18N6S. The number of hydrogen-bond acceptors (Lipinski definition) is 6. The Kier molecular flexibility index (Phi) is 3.51. The Hall–Kier alpha value is -1.99. The van der Waals surface area contributed by atoms with E-state index in [1.54, 1.807) is 11.3 Å². The van der Waals surface area contributed by atoms with Crippen LogP contribution in [-0.4, -0.2) is 50.4 Å². The zero-order valence-electron chi connectivity index (χ0n) is 12.5. The van der Waals surface area contributed by atoms with Crippen molar-refractivity contribution >= 4 is 22.8 Å². The fourth-order valence-corrected chi connectivity index (χ4v) is 3.49. The van der Waals surface area contributed by atoms with Gasteiger partial charge in [-0.25, -0.2) is 15.0 Å². The average Bonchev–Trinajstić information content (AvgIpc) is 3.16. The summed E-state index contributed by atoms with van der Waals surface area (Å²) in [5.74, 6) is 0.983. The van der Waals surface area contributed by atoms with Crippen LogP contribution in [0.3, 0.4) is 0 Å². The predicted octanol–water partition coefficient (Wildman–Crippen LogP) is 1.82. The largest absolute Gasteiger partial charge is 0.351 e. The Morgan fingerprint density at radius 3 is 2.59 bits per heavy atom. The molecule has 0 N–H and O–H groups in total. The number of hydrogen-bond donors (Lipinski definition) is 0. The number of aromatic nitrogens is 4. The standard InChI is InChI=1S/C15H18N6S/c1-12-18-13(11-22-12)10-19-6-8-21(9-7-19)15-14-16-2-4-20(14)5-3-17-15/h2-5,11H,6-10H2,1H3. The molecule has 6 nitrogen and oxygen atoms in total. The lowest BCUT2D eigenvalue weighted by atomic mass is 10.3. The van der Waals surface area contributed by atoms with Gasteiger partial charge in [-0.1, -0.05) is 0 Å². The number of aryl methyl sites for hydroxylation is 1. The molecule has 1 fully saturated rings. The maximum Gasteiger partial charge on any atom is 0.180 e. The molecule has 0 radical (unpaired) electrons. The molecular weight excluding hydrogens is 296 g/mol. The summed E-state index contributed by atoms with van der Waals surface area (Å²) >= 11 is 1.72. The van der Waals surface area contributed by atoms with E-state index in [2.05, 4.69) is 37.1 Å². The van der Waals surface area contributed by atoms with E-state index >= 15 is 0 Å². The van der Waals surface area contributed by atoms with Gasteiger partial charge in [-0.05, 0) is 6.92 Å². The highest BCUT2D eigenvalue weighted by Crippen LogP contribution is 2.19. The second-order valence-electron chi connectivity index (χ2n) is 5.53. The van der Waals surface area contributed by atoms with Gasteiger partial charge in [0.15, 0.2) is 11.5 Å². The lowest BCUT2D eigenvalue weighted by Gasteiger charge is -2.35. The fraction of sp³-hybridized carbons (Fsp3) is 0.400. The number of piperazine rings is 1. The predicted molar refractivity (Wildman–Crippen MR) is 87.3 cm³/mol. The van der Waals surface area contributed by atoms with Crippen LogP contribution in [0, 0.1) is 6.92 Å². The van der Waals surface area contributed by atoms with Crippen molar-refractivity contribution in [3.05, 3.63) is 40.9 Å². The summed E-state index contributed by atoms with van der Waals surface area (Å²) < 4.78 is 2.02. The molecule has 7 heteroatoms. The number of nitrogens with zero attached hydrogens (tertiary/aromatic N) is 6. The van der Waals surface area contributed by atoms with Crippen LogP contribution >= 0.6 is 11.3 Å². The van der Waals surface area contributed by atoms with Crippen molar-refractivity contribution in [2.45, 2.75) is 13.5 Å². The normalized spacial score (nSPS) is 16.5. The van der Waals surface area contributed by atoms with Gasteiger partial charge in [0.05, 0.1) is 10.7 Å². The van der Waals surface area contributed by atoms with E-state index in [9.17, 15) is 0 Å². The molecule has 4 rings (SSSR count). The van der Waals surface area contributed by atoms with Gasteiger partial charge in [0.2, 0.25) is 0 Å².